The van der Waals surface area contributed by atoms with Crippen molar-refractivity contribution < 1.29 is 19.6 Å². The van der Waals surface area contributed by atoms with E-state index in [9.17, 15) is 20.0 Å². The topological polar surface area (TPSA) is 89.7 Å². The van der Waals surface area contributed by atoms with E-state index in [4.69, 9.17) is 16.3 Å². The average molecular weight is 318 g/mol. The molecule has 110 valence electrons. The minimum absolute atomic E-state index is 0.0639. The number of ketones is 1. The van der Waals surface area contributed by atoms with Gasteiger partial charge in [-0.2, -0.15) is 0 Å². The molecule has 0 saturated carbocycles. The number of rotatable bonds is 2. The summed E-state index contributed by atoms with van der Waals surface area (Å²) in [6.07, 6.45) is 1.23. The van der Waals surface area contributed by atoms with Gasteiger partial charge in [0, 0.05) is 11.1 Å². The number of Topliss-reactive ketones (excluding diaryl/α,β-unsaturated/α-hetero) is 1. The first kappa shape index (κ1) is 14.1. The van der Waals surface area contributed by atoms with Crippen LogP contribution in [-0.4, -0.2) is 15.8 Å². The van der Waals surface area contributed by atoms with E-state index in [0.717, 1.165) is 6.07 Å². The molecule has 6 nitrogen and oxygen atoms in total. The largest absolute Gasteiger partial charge is 0.508 e. The molecule has 1 aliphatic rings. The molecule has 1 heterocycles. The highest BCUT2D eigenvalue weighted by Crippen LogP contribution is 2.35. The molecule has 0 aromatic heterocycles. The highest BCUT2D eigenvalue weighted by atomic mass is 35.5. The molecule has 0 aliphatic carbocycles. The lowest BCUT2D eigenvalue weighted by Crippen LogP contribution is -1.99. The van der Waals surface area contributed by atoms with Crippen molar-refractivity contribution in [3.8, 4) is 11.5 Å². The SMILES string of the molecule is O=C1C(=Cc2cc(O)ccc2[N+](=O)[O-])Oc2ccc(Cl)cc21. The van der Waals surface area contributed by atoms with Gasteiger partial charge in [0.05, 0.1) is 16.1 Å². The quantitative estimate of drug-likeness (QED) is 0.519. The Morgan fingerprint density at radius 3 is 2.73 bits per heavy atom. The van der Waals surface area contributed by atoms with Crippen LogP contribution in [0, 0.1) is 10.1 Å². The monoisotopic (exact) mass is 317 g/mol. The van der Waals surface area contributed by atoms with E-state index in [2.05, 4.69) is 0 Å². The maximum Gasteiger partial charge on any atom is 0.276 e. The standard InChI is InChI=1S/C15H8ClNO5/c16-9-1-4-13-11(7-9)15(19)14(22-13)6-8-5-10(18)2-3-12(8)17(20)21/h1-7,18H. The Morgan fingerprint density at radius 1 is 1.23 bits per heavy atom. The van der Waals surface area contributed by atoms with Crippen LogP contribution in [0.3, 0.4) is 0 Å². The van der Waals surface area contributed by atoms with Crippen molar-refractivity contribution in [2.45, 2.75) is 0 Å². The molecule has 2 aromatic rings. The van der Waals surface area contributed by atoms with Gasteiger partial charge < -0.3 is 9.84 Å². The Morgan fingerprint density at radius 2 is 2.00 bits per heavy atom. The van der Waals surface area contributed by atoms with Gasteiger partial charge in [-0.25, -0.2) is 0 Å². The molecule has 0 radical (unpaired) electrons. The van der Waals surface area contributed by atoms with Gasteiger partial charge in [0.2, 0.25) is 5.78 Å². The number of ether oxygens (including phenoxy) is 1. The Balaban J connectivity index is 2.07. The molecule has 0 atom stereocenters. The second-order valence-corrected chi connectivity index (χ2v) is 5.02. The van der Waals surface area contributed by atoms with Gasteiger partial charge in [-0.15, -0.1) is 0 Å². The average Bonchev–Trinajstić information content (AvgIpc) is 2.75. The number of carbonyl (C=O) groups excluding carboxylic acids is 1. The summed E-state index contributed by atoms with van der Waals surface area (Å²) in [5.74, 6) is -0.298. The fraction of sp³-hybridized carbons (Fsp3) is 0. The Labute approximate surface area is 129 Å². The molecule has 2 aromatic carbocycles. The van der Waals surface area contributed by atoms with E-state index >= 15 is 0 Å². The third-order valence-corrected chi connectivity index (χ3v) is 3.36. The predicted molar refractivity (Wildman–Crippen MR) is 79.1 cm³/mol. The van der Waals surface area contributed by atoms with Crippen molar-refractivity contribution in [1.82, 2.24) is 0 Å². The summed E-state index contributed by atoms with van der Waals surface area (Å²) in [6.45, 7) is 0. The van der Waals surface area contributed by atoms with Gasteiger partial charge in [-0.1, -0.05) is 11.6 Å². The summed E-state index contributed by atoms with van der Waals surface area (Å²) in [4.78, 5) is 22.6. The maximum atomic E-state index is 12.2. The van der Waals surface area contributed by atoms with Gasteiger partial charge in [0.1, 0.15) is 11.5 Å². The van der Waals surface area contributed by atoms with Crippen LogP contribution in [-0.2, 0) is 0 Å². The number of hydrogen-bond acceptors (Lipinski definition) is 5. The minimum atomic E-state index is -0.602. The Bertz CT molecular complexity index is 844. The van der Waals surface area contributed by atoms with Crippen molar-refractivity contribution in [3.63, 3.8) is 0 Å². The number of halogens is 1. The van der Waals surface area contributed by atoms with E-state index in [1.54, 1.807) is 12.1 Å². The van der Waals surface area contributed by atoms with Gasteiger partial charge >= 0.3 is 0 Å². The number of fused-ring (bicyclic) bond motifs is 1. The van der Waals surface area contributed by atoms with Crippen molar-refractivity contribution in [3.05, 3.63) is 68.4 Å². The van der Waals surface area contributed by atoms with E-state index in [1.165, 1.54) is 24.3 Å². The van der Waals surface area contributed by atoms with Crippen LogP contribution in [0.15, 0.2) is 42.2 Å². The molecular formula is C15H8ClNO5. The van der Waals surface area contributed by atoms with E-state index in [-0.39, 0.29) is 22.8 Å². The van der Waals surface area contributed by atoms with Crippen LogP contribution in [0.25, 0.3) is 6.08 Å². The third-order valence-electron chi connectivity index (χ3n) is 3.12. The number of allylic oxidation sites excluding steroid dienone is 1. The molecule has 22 heavy (non-hydrogen) atoms. The van der Waals surface area contributed by atoms with Crippen molar-refractivity contribution in [1.29, 1.82) is 0 Å². The number of benzene rings is 2. The summed E-state index contributed by atoms with van der Waals surface area (Å²) in [5.41, 5.74) is 0.129. The van der Waals surface area contributed by atoms with Gasteiger partial charge in [0.25, 0.3) is 5.69 Å². The molecule has 7 heteroatoms. The first-order valence-corrected chi connectivity index (χ1v) is 6.55. The zero-order valence-electron chi connectivity index (χ0n) is 10.9. The van der Waals surface area contributed by atoms with Crippen molar-refractivity contribution in [2.75, 3.05) is 0 Å². The second kappa shape index (κ2) is 5.16. The summed E-state index contributed by atoms with van der Waals surface area (Å²) in [5, 5.41) is 20.9. The number of nitrogens with zero attached hydrogens (tertiary/aromatic N) is 1. The van der Waals surface area contributed by atoms with E-state index < -0.39 is 10.7 Å². The highest BCUT2D eigenvalue weighted by molar-refractivity contribution is 6.31. The van der Waals surface area contributed by atoms with Gasteiger partial charge in [0.15, 0.2) is 5.76 Å². The normalized spacial score (nSPS) is 14.8. The van der Waals surface area contributed by atoms with Gasteiger partial charge in [-0.05, 0) is 36.4 Å². The Kier molecular flexibility index (Phi) is 3.30. The third kappa shape index (κ3) is 2.40. The number of nitro groups is 1. The first-order valence-electron chi connectivity index (χ1n) is 6.17. The summed E-state index contributed by atoms with van der Waals surface area (Å²) >= 11 is 5.83. The number of carbonyl (C=O) groups is 1. The molecule has 1 aliphatic heterocycles. The number of hydrogen-bond donors (Lipinski definition) is 1. The lowest BCUT2D eigenvalue weighted by atomic mass is 10.1. The smallest absolute Gasteiger partial charge is 0.276 e. The molecule has 1 N–H and O–H groups in total. The van der Waals surface area contributed by atoms with E-state index in [0.29, 0.717) is 16.3 Å². The zero-order valence-corrected chi connectivity index (χ0v) is 11.7. The highest BCUT2D eigenvalue weighted by Gasteiger charge is 2.28. The zero-order chi connectivity index (χ0) is 15.9. The summed E-state index contributed by atoms with van der Waals surface area (Å²) in [6, 6.07) is 8.15. The molecular weight excluding hydrogens is 310 g/mol. The van der Waals surface area contributed by atoms with Crippen molar-refractivity contribution in [2.24, 2.45) is 0 Å². The van der Waals surface area contributed by atoms with Crippen LogP contribution in [0.2, 0.25) is 5.02 Å². The van der Waals surface area contributed by atoms with Crippen LogP contribution >= 0.6 is 11.6 Å². The van der Waals surface area contributed by atoms with Crippen LogP contribution in [0.4, 0.5) is 5.69 Å². The molecule has 0 saturated heterocycles. The molecule has 0 unspecified atom stereocenters. The number of phenols is 1. The fourth-order valence-corrected chi connectivity index (χ4v) is 2.30. The first-order chi connectivity index (χ1) is 10.5. The van der Waals surface area contributed by atoms with Crippen LogP contribution in [0.5, 0.6) is 11.5 Å². The fourth-order valence-electron chi connectivity index (χ4n) is 2.13. The summed E-state index contributed by atoms with van der Waals surface area (Å²) in [7, 11) is 0. The van der Waals surface area contributed by atoms with Crippen LogP contribution < -0.4 is 4.74 Å². The molecule has 0 spiro atoms. The number of aromatic hydroxyl groups is 1. The Hall–Kier alpha value is -2.86. The number of nitro benzene ring substituents is 1. The number of phenolic OH excluding ortho intramolecular Hbond substituents is 1. The second-order valence-electron chi connectivity index (χ2n) is 4.58. The molecule has 0 fully saturated rings. The van der Waals surface area contributed by atoms with E-state index in [1.807, 2.05) is 0 Å². The maximum absolute atomic E-state index is 12.2. The van der Waals surface area contributed by atoms with Crippen molar-refractivity contribution >= 4 is 29.1 Å². The lowest BCUT2D eigenvalue weighted by Gasteiger charge is -2.01. The minimum Gasteiger partial charge on any atom is -0.508 e. The van der Waals surface area contributed by atoms with Crippen LogP contribution in [0.1, 0.15) is 15.9 Å². The van der Waals surface area contributed by atoms with Gasteiger partial charge in [-0.3, -0.25) is 14.9 Å². The molecule has 0 bridgehead atoms. The molecule has 3 rings (SSSR count). The lowest BCUT2D eigenvalue weighted by molar-refractivity contribution is -0.385. The summed E-state index contributed by atoms with van der Waals surface area (Å²) < 4.78 is 5.40. The molecule has 0 amide bonds. The predicted octanol–water partition coefficient (Wildman–Crippen LogP) is 3.57.